The fourth-order valence-corrected chi connectivity index (χ4v) is 2.67. The van der Waals surface area contributed by atoms with Crippen molar-refractivity contribution in [1.82, 2.24) is 9.97 Å². The van der Waals surface area contributed by atoms with E-state index in [-0.39, 0.29) is 0 Å². The number of nitrogens with two attached hydrogens (primary N) is 1. The molecule has 5 heteroatoms. The molecule has 0 aliphatic carbocycles. The molecule has 3 N–H and O–H groups in total. The van der Waals surface area contributed by atoms with E-state index in [1.54, 1.807) is 17.5 Å². The molecule has 4 nitrogen and oxygen atoms in total. The van der Waals surface area contributed by atoms with E-state index in [2.05, 4.69) is 32.8 Å². The average Bonchev–Trinajstić information content (AvgIpc) is 2.83. The molecule has 0 saturated heterocycles. The lowest BCUT2D eigenvalue weighted by Crippen LogP contribution is -2.04. The van der Waals surface area contributed by atoms with Crippen LogP contribution in [0, 0.1) is 0 Å². The van der Waals surface area contributed by atoms with Gasteiger partial charge in [0.1, 0.15) is 11.6 Å². The maximum atomic E-state index is 5.53. The average molecular weight is 256 g/mol. The third kappa shape index (κ3) is 2.05. The van der Waals surface area contributed by atoms with E-state index >= 15 is 0 Å². The molecule has 3 rings (SSSR count). The zero-order valence-electron chi connectivity index (χ0n) is 9.63. The van der Waals surface area contributed by atoms with Gasteiger partial charge in [-0.1, -0.05) is 18.2 Å². The lowest BCUT2D eigenvalue weighted by Gasteiger charge is -2.05. The molecule has 2 aromatic heterocycles. The number of rotatable bonds is 3. The summed E-state index contributed by atoms with van der Waals surface area (Å²) in [6, 6.07) is 10.1. The first-order valence-corrected chi connectivity index (χ1v) is 6.50. The Kier molecular flexibility index (Phi) is 2.92. The minimum absolute atomic E-state index is 0.347. The Morgan fingerprint density at radius 1 is 1.22 bits per heavy atom. The van der Waals surface area contributed by atoms with Crippen LogP contribution in [0.15, 0.2) is 41.9 Å². The Balaban J connectivity index is 1.96. The topological polar surface area (TPSA) is 63.8 Å². The van der Waals surface area contributed by atoms with E-state index in [1.165, 1.54) is 10.1 Å². The van der Waals surface area contributed by atoms with Gasteiger partial charge in [0.25, 0.3) is 0 Å². The molecule has 0 atom stereocenters. The monoisotopic (exact) mass is 256 g/mol. The summed E-state index contributed by atoms with van der Waals surface area (Å²) in [6.07, 6.45) is 1.71. The quantitative estimate of drug-likeness (QED) is 0.756. The Bertz CT molecular complexity index is 677. The van der Waals surface area contributed by atoms with Gasteiger partial charge < -0.3 is 11.1 Å². The normalized spacial score (nSPS) is 10.7. The molecule has 90 valence electrons. The van der Waals surface area contributed by atoms with E-state index in [0.29, 0.717) is 12.4 Å². The van der Waals surface area contributed by atoms with Crippen molar-refractivity contribution in [2.45, 2.75) is 6.54 Å². The van der Waals surface area contributed by atoms with E-state index < -0.39 is 0 Å². The van der Waals surface area contributed by atoms with Crippen LogP contribution in [0.1, 0.15) is 5.82 Å². The van der Waals surface area contributed by atoms with Gasteiger partial charge in [-0.3, -0.25) is 0 Å². The van der Waals surface area contributed by atoms with Crippen LogP contribution in [0.25, 0.3) is 10.1 Å². The fourth-order valence-electron chi connectivity index (χ4n) is 1.78. The van der Waals surface area contributed by atoms with Crippen molar-refractivity contribution in [1.29, 1.82) is 0 Å². The van der Waals surface area contributed by atoms with Gasteiger partial charge in [-0.2, -0.15) is 0 Å². The zero-order valence-corrected chi connectivity index (χ0v) is 10.4. The van der Waals surface area contributed by atoms with Crippen molar-refractivity contribution in [2.24, 2.45) is 5.73 Å². The van der Waals surface area contributed by atoms with Crippen LogP contribution in [0.3, 0.4) is 0 Å². The molecule has 0 amide bonds. The summed E-state index contributed by atoms with van der Waals surface area (Å²) >= 11 is 1.71. The molecule has 0 saturated carbocycles. The smallest absolute Gasteiger partial charge is 0.144 e. The molecule has 0 bridgehead atoms. The third-order valence-electron chi connectivity index (χ3n) is 2.63. The highest BCUT2D eigenvalue weighted by molar-refractivity contribution is 7.17. The molecule has 1 aromatic carbocycles. The van der Waals surface area contributed by atoms with Crippen LogP contribution in [-0.4, -0.2) is 9.97 Å². The Morgan fingerprint density at radius 2 is 2.11 bits per heavy atom. The van der Waals surface area contributed by atoms with Crippen molar-refractivity contribution in [3.63, 3.8) is 0 Å². The van der Waals surface area contributed by atoms with Gasteiger partial charge in [0.05, 0.1) is 12.2 Å². The van der Waals surface area contributed by atoms with Crippen LogP contribution in [0.4, 0.5) is 11.5 Å². The number of nitrogens with one attached hydrogen (secondary N) is 1. The SMILES string of the molecule is NCc1nccc(Nc2csc3ccccc23)n1. The molecule has 0 fully saturated rings. The number of hydrogen-bond donors (Lipinski definition) is 2. The summed E-state index contributed by atoms with van der Waals surface area (Å²) in [7, 11) is 0. The van der Waals surface area contributed by atoms with Gasteiger partial charge in [0, 0.05) is 21.7 Å². The van der Waals surface area contributed by atoms with Crippen LogP contribution in [-0.2, 0) is 6.54 Å². The molecule has 0 aliphatic rings. The van der Waals surface area contributed by atoms with Crippen molar-refractivity contribution < 1.29 is 0 Å². The predicted molar refractivity (Wildman–Crippen MR) is 75.0 cm³/mol. The summed E-state index contributed by atoms with van der Waals surface area (Å²) in [5.41, 5.74) is 6.60. The number of fused-ring (bicyclic) bond motifs is 1. The van der Waals surface area contributed by atoms with Gasteiger partial charge in [0.15, 0.2) is 0 Å². The second kappa shape index (κ2) is 4.72. The summed E-state index contributed by atoms with van der Waals surface area (Å²) in [6.45, 7) is 0.347. The molecule has 0 spiro atoms. The molecule has 0 radical (unpaired) electrons. The van der Waals surface area contributed by atoms with Gasteiger partial charge >= 0.3 is 0 Å². The zero-order chi connectivity index (χ0) is 12.4. The van der Waals surface area contributed by atoms with Crippen molar-refractivity contribution >= 4 is 32.9 Å². The first-order valence-electron chi connectivity index (χ1n) is 5.62. The van der Waals surface area contributed by atoms with E-state index in [9.17, 15) is 0 Å². The van der Waals surface area contributed by atoms with Gasteiger partial charge in [-0.05, 0) is 12.1 Å². The number of anilines is 2. The third-order valence-corrected chi connectivity index (χ3v) is 3.60. The number of hydrogen-bond acceptors (Lipinski definition) is 5. The van der Waals surface area contributed by atoms with Crippen LogP contribution < -0.4 is 11.1 Å². The predicted octanol–water partition coefficient (Wildman–Crippen LogP) is 2.89. The van der Waals surface area contributed by atoms with Crippen molar-refractivity contribution in [3.8, 4) is 0 Å². The highest BCUT2D eigenvalue weighted by Gasteiger charge is 2.04. The summed E-state index contributed by atoms with van der Waals surface area (Å²) in [5, 5.41) is 6.60. The Morgan fingerprint density at radius 3 is 3.00 bits per heavy atom. The molecule has 0 unspecified atom stereocenters. The first kappa shape index (κ1) is 11.1. The number of thiophene rings is 1. The van der Waals surface area contributed by atoms with Gasteiger partial charge in [0.2, 0.25) is 0 Å². The van der Waals surface area contributed by atoms with Gasteiger partial charge in [-0.15, -0.1) is 11.3 Å². The standard InChI is InChI=1S/C13H12N4S/c14-7-13-15-6-5-12(17-13)16-10-8-18-11-4-2-1-3-9(10)11/h1-6,8H,7,14H2,(H,15,16,17). The summed E-state index contributed by atoms with van der Waals surface area (Å²) in [5.74, 6) is 1.41. The molecule has 18 heavy (non-hydrogen) atoms. The minimum Gasteiger partial charge on any atom is -0.339 e. The van der Waals surface area contributed by atoms with Crippen LogP contribution >= 0.6 is 11.3 Å². The second-order valence-electron chi connectivity index (χ2n) is 3.83. The summed E-state index contributed by atoms with van der Waals surface area (Å²) < 4.78 is 1.26. The highest BCUT2D eigenvalue weighted by Crippen LogP contribution is 2.31. The molecule has 3 aromatic rings. The maximum absolute atomic E-state index is 5.53. The van der Waals surface area contributed by atoms with Crippen LogP contribution in [0.2, 0.25) is 0 Å². The largest absolute Gasteiger partial charge is 0.339 e. The Labute approximate surface area is 109 Å². The van der Waals surface area contributed by atoms with Crippen LogP contribution in [0.5, 0.6) is 0 Å². The first-order chi connectivity index (χ1) is 8.86. The van der Waals surface area contributed by atoms with E-state index in [4.69, 9.17) is 5.73 Å². The molecule has 2 heterocycles. The van der Waals surface area contributed by atoms with E-state index in [0.717, 1.165) is 11.5 Å². The van der Waals surface area contributed by atoms with Crippen molar-refractivity contribution in [2.75, 3.05) is 5.32 Å². The second-order valence-corrected chi connectivity index (χ2v) is 4.74. The maximum Gasteiger partial charge on any atom is 0.144 e. The molecular weight excluding hydrogens is 244 g/mol. The molecule has 0 aliphatic heterocycles. The number of nitrogens with zero attached hydrogens (tertiary/aromatic N) is 2. The minimum atomic E-state index is 0.347. The molecular formula is C13H12N4S. The van der Waals surface area contributed by atoms with Gasteiger partial charge in [-0.25, -0.2) is 9.97 Å². The highest BCUT2D eigenvalue weighted by atomic mass is 32.1. The van der Waals surface area contributed by atoms with Crippen molar-refractivity contribution in [3.05, 3.63) is 47.7 Å². The lowest BCUT2D eigenvalue weighted by molar-refractivity contribution is 0.912. The number of aromatic nitrogens is 2. The summed E-state index contributed by atoms with van der Waals surface area (Å²) in [4.78, 5) is 8.41. The Hall–Kier alpha value is -1.98. The van der Waals surface area contributed by atoms with E-state index in [1.807, 2.05) is 18.2 Å². The fraction of sp³-hybridized carbons (Fsp3) is 0.0769. The lowest BCUT2D eigenvalue weighted by atomic mass is 10.2. The number of benzene rings is 1.